The van der Waals surface area contributed by atoms with Crippen molar-refractivity contribution < 1.29 is 4.79 Å². The summed E-state index contributed by atoms with van der Waals surface area (Å²) in [4.78, 5) is 11.5. The normalized spacial score (nSPS) is 11.6. The molecule has 1 aromatic rings. The van der Waals surface area contributed by atoms with Gasteiger partial charge in [-0.2, -0.15) is 5.26 Å². The van der Waals surface area contributed by atoms with Gasteiger partial charge >= 0.3 is 0 Å². The van der Waals surface area contributed by atoms with E-state index >= 15 is 0 Å². The van der Waals surface area contributed by atoms with Crippen LogP contribution in [0.4, 0.5) is 0 Å². The summed E-state index contributed by atoms with van der Waals surface area (Å²) in [5.74, 6) is 0.585. The Balaban J connectivity index is 2.43. The molecule has 17 heavy (non-hydrogen) atoms. The van der Waals surface area contributed by atoms with Gasteiger partial charge in [0.05, 0.1) is 23.6 Å². The summed E-state index contributed by atoms with van der Waals surface area (Å²) in [5, 5.41) is 11.9. The van der Waals surface area contributed by atoms with Crippen LogP contribution in [0.25, 0.3) is 0 Å². The van der Waals surface area contributed by atoms with Crippen LogP contribution >= 0.6 is 23.4 Å². The van der Waals surface area contributed by atoms with Crippen LogP contribution in [-0.2, 0) is 4.79 Å². The van der Waals surface area contributed by atoms with Crippen molar-refractivity contribution in [3.8, 4) is 6.07 Å². The first kappa shape index (κ1) is 13.9. The monoisotopic (exact) mass is 268 g/mol. The Morgan fingerprint density at radius 3 is 2.76 bits per heavy atom. The van der Waals surface area contributed by atoms with Gasteiger partial charge in [-0.15, -0.1) is 11.8 Å². The second-order valence-electron chi connectivity index (χ2n) is 3.49. The Labute approximate surface area is 110 Å². The molecule has 3 nitrogen and oxygen atoms in total. The van der Waals surface area contributed by atoms with Crippen molar-refractivity contribution in [2.24, 2.45) is 0 Å². The molecule has 0 aliphatic rings. The minimum absolute atomic E-state index is 0.0533. The first-order valence-electron chi connectivity index (χ1n) is 5.13. The number of rotatable bonds is 5. The number of nitriles is 1. The van der Waals surface area contributed by atoms with Crippen molar-refractivity contribution >= 4 is 29.3 Å². The van der Waals surface area contributed by atoms with Gasteiger partial charge in [0.1, 0.15) is 0 Å². The summed E-state index contributed by atoms with van der Waals surface area (Å²) in [5.41, 5.74) is 1.01. The molecule has 1 N–H and O–H groups in total. The molecule has 1 aromatic carbocycles. The lowest BCUT2D eigenvalue weighted by molar-refractivity contribution is -0.119. The van der Waals surface area contributed by atoms with E-state index in [1.165, 1.54) is 11.8 Å². The number of carbonyl (C=O) groups is 1. The second kappa shape index (κ2) is 7.21. The molecule has 0 aliphatic heterocycles. The molecule has 0 fully saturated rings. The van der Waals surface area contributed by atoms with Crippen LogP contribution in [-0.4, -0.2) is 17.4 Å². The highest BCUT2D eigenvalue weighted by Crippen LogP contribution is 2.16. The first-order chi connectivity index (χ1) is 8.13. The maximum absolute atomic E-state index is 11.5. The Hall–Kier alpha value is -1.18. The number of nitrogens with one attached hydrogen (secondary N) is 1. The molecule has 0 aliphatic carbocycles. The van der Waals surface area contributed by atoms with E-state index in [0.717, 1.165) is 5.56 Å². The Morgan fingerprint density at radius 1 is 1.53 bits per heavy atom. The van der Waals surface area contributed by atoms with Crippen molar-refractivity contribution in [2.45, 2.75) is 13.0 Å². The van der Waals surface area contributed by atoms with Crippen molar-refractivity contribution in [1.82, 2.24) is 5.32 Å². The SMILES string of the molecule is CC(NC(=O)CSCC#N)c1ccc(Cl)cc1. The number of nitrogens with zero attached hydrogens (tertiary/aromatic N) is 1. The molecule has 5 heteroatoms. The van der Waals surface area contributed by atoms with E-state index in [4.69, 9.17) is 16.9 Å². The minimum atomic E-state index is -0.0623. The van der Waals surface area contributed by atoms with E-state index in [0.29, 0.717) is 16.5 Å². The standard InChI is InChI=1S/C12H13ClN2OS/c1-9(10-2-4-11(13)5-3-10)15-12(16)8-17-7-6-14/h2-5,9H,7-8H2,1H3,(H,15,16). The number of halogens is 1. The number of thioether (sulfide) groups is 1. The molecule has 0 saturated heterocycles. The average molecular weight is 269 g/mol. The second-order valence-corrected chi connectivity index (χ2v) is 4.91. The van der Waals surface area contributed by atoms with E-state index in [2.05, 4.69) is 5.32 Å². The number of hydrogen-bond acceptors (Lipinski definition) is 3. The summed E-state index contributed by atoms with van der Waals surface area (Å²) in [7, 11) is 0. The summed E-state index contributed by atoms with van der Waals surface area (Å²) in [6.07, 6.45) is 0. The van der Waals surface area contributed by atoms with E-state index in [1.807, 2.05) is 25.1 Å². The third kappa shape index (κ3) is 5.12. The summed E-state index contributed by atoms with van der Waals surface area (Å²) in [6, 6.07) is 9.29. The van der Waals surface area contributed by atoms with Gasteiger partial charge in [0.2, 0.25) is 5.91 Å². The first-order valence-corrected chi connectivity index (χ1v) is 6.66. The number of benzene rings is 1. The predicted molar refractivity (Wildman–Crippen MR) is 70.9 cm³/mol. The lowest BCUT2D eigenvalue weighted by Gasteiger charge is -2.14. The van der Waals surface area contributed by atoms with Gasteiger partial charge in [0.25, 0.3) is 0 Å². The topological polar surface area (TPSA) is 52.9 Å². The molecule has 0 saturated carbocycles. The molecular weight excluding hydrogens is 256 g/mol. The minimum Gasteiger partial charge on any atom is -0.349 e. The predicted octanol–water partition coefficient (Wildman–Crippen LogP) is 2.77. The van der Waals surface area contributed by atoms with Gasteiger partial charge in [-0.05, 0) is 24.6 Å². The highest BCUT2D eigenvalue weighted by atomic mass is 35.5. The molecule has 1 amide bonds. The largest absolute Gasteiger partial charge is 0.349 e. The summed E-state index contributed by atoms with van der Waals surface area (Å²) in [6.45, 7) is 1.91. The smallest absolute Gasteiger partial charge is 0.230 e. The van der Waals surface area contributed by atoms with Crippen molar-refractivity contribution in [1.29, 1.82) is 5.26 Å². The van der Waals surface area contributed by atoms with Crippen LogP contribution in [0.3, 0.4) is 0 Å². The van der Waals surface area contributed by atoms with Gasteiger partial charge in [-0.25, -0.2) is 0 Å². The van der Waals surface area contributed by atoms with Crippen LogP contribution in [0, 0.1) is 11.3 Å². The third-order valence-electron chi connectivity index (χ3n) is 2.15. The zero-order valence-corrected chi connectivity index (χ0v) is 11.0. The molecule has 1 atom stereocenters. The van der Waals surface area contributed by atoms with Crippen LogP contribution < -0.4 is 5.32 Å². The average Bonchev–Trinajstić information content (AvgIpc) is 2.30. The molecule has 0 heterocycles. The zero-order chi connectivity index (χ0) is 12.7. The van der Waals surface area contributed by atoms with Crippen molar-refractivity contribution in [2.75, 3.05) is 11.5 Å². The van der Waals surface area contributed by atoms with Crippen LogP contribution in [0.5, 0.6) is 0 Å². The molecule has 0 radical (unpaired) electrons. The highest BCUT2D eigenvalue weighted by molar-refractivity contribution is 8.00. The molecule has 0 bridgehead atoms. The fourth-order valence-electron chi connectivity index (χ4n) is 1.31. The van der Waals surface area contributed by atoms with Crippen molar-refractivity contribution in [3.05, 3.63) is 34.9 Å². The summed E-state index contributed by atoms with van der Waals surface area (Å²) < 4.78 is 0. The van der Waals surface area contributed by atoms with Crippen LogP contribution in [0.2, 0.25) is 5.02 Å². The Bertz CT molecular complexity index is 414. The molecule has 1 unspecified atom stereocenters. The molecule has 1 rings (SSSR count). The Morgan fingerprint density at radius 2 is 2.18 bits per heavy atom. The van der Waals surface area contributed by atoms with Crippen LogP contribution in [0.1, 0.15) is 18.5 Å². The van der Waals surface area contributed by atoms with Gasteiger partial charge in [-0.1, -0.05) is 23.7 Å². The van der Waals surface area contributed by atoms with E-state index in [-0.39, 0.29) is 11.9 Å². The summed E-state index contributed by atoms with van der Waals surface area (Å²) >= 11 is 7.09. The van der Waals surface area contributed by atoms with E-state index < -0.39 is 0 Å². The van der Waals surface area contributed by atoms with Crippen molar-refractivity contribution in [3.63, 3.8) is 0 Å². The molecular formula is C12H13ClN2OS. The third-order valence-corrected chi connectivity index (χ3v) is 3.20. The van der Waals surface area contributed by atoms with E-state index in [1.54, 1.807) is 12.1 Å². The Kier molecular flexibility index (Phi) is 5.88. The number of carbonyl (C=O) groups excluding carboxylic acids is 1. The molecule has 90 valence electrons. The highest BCUT2D eigenvalue weighted by Gasteiger charge is 2.09. The van der Waals surface area contributed by atoms with Gasteiger partial charge in [0.15, 0.2) is 0 Å². The zero-order valence-electron chi connectivity index (χ0n) is 9.44. The van der Waals surface area contributed by atoms with Crippen LogP contribution in [0.15, 0.2) is 24.3 Å². The van der Waals surface area contributed by atoms with Gasteiger partial charge in [-0.3, -0.25) is 4.79 Å². The quantitative estimate of drug-likeness (QED) is 0.836. The van der Waals surface area contributed by atoms with Gasteiger partial charge in [0, 0.05) is 5.02 Å². The number of amides is 1. The van der Waals surface area contributed by atoms with E-state index in [9.17, 15) is 4.79 Å². The van der Waals surface area contributed by atoms with Gasteiger partial charge < -0.3 is 5.32 Å². The maximum atomic E-state index is 11.5. The number of hydrogen-bond donors (Lipinski definition) is 1. The maximum Gasteiger partial charge on any atom is 0.230 e. The fraction of sp³-hybridized carbons (Fsp3) is 0.333. The molecule has 0 spiro atoms. The molecule has 0 aromatic heterocycles. The fourth-order valence-corrected chi connectivity index (χ4v) is 1.90. The lowest BCUT2D eigenvalue weighted by atomic mass is 10.1. The lowest BCUT2D eigenvalue weighted by Crippen LogP contribution is -2.28.